The molecule has 106 valence electrons. The van der Waals surface area contributed by atoms with E-state index in [1.54, 1.807) is 0 Å². The van der Waals surface area contributed by atoms with E-state index in [1.807, 2.05) is 18.3 Å². The Labute approximate surface area is 130 Å². The first-order chi connectivity index (χ1) is 10.8. The fourth-order valence-electron chi connectivity index (χ4n) is 2.88. The molecule has 0 saturated carbocycles. The molecule has 2 nitrogen and oxygen atoms in total. The molecular weight excluding hydrogens is 268 g/mol. The predicted octanol–water partition coefficient (Wildman–Crippen LogP) is 4.83. The highest BCUT2D eigenvalue weighted by molar-refractivity contribution is 6.17. The van der Waals surface area contributed by atoms with Crippen LogP contribution in [0, 0.1) is 0 Å². The highest BCUT2D eigenvalue weighted by atomic mass is 15.1. The number of hydrogen-bond acceptors (Lipinski definition) is 2. The average molecular weight is 284 g/mol. The Kier molecular flexibility index (Phi) is 3.01. The number of anilines is 1. The average Bonchev–Trinajstić information content (AvgIpc) is 2.98. The monoisotopic (exact) mass is 284 g/mol. The van der Waals surface area contributed by atoms with E-state index in [-0.39, 0.29) is 0 Å². The van der Waals surface area contributed by atoms with E-state index < -0.39 is 0 Å². The largest absolute Gasteiger partial charge is 0.351 e. The van der Waals surface area contributed by atoms with Gasteiger partial charge in [0, 0.05) is 41.8 Å². The Morgan fingerprint density at radius 1 is 0.864 bits per heavy atom. The van der Waals surface area contributed by atoms with Crippen molar-refractivity contribution >= 4 is 28.7 Å². The Hall–Kier alpha value is -2.87. The maximum Gasteiger partial charge on any atom is 0.0708 e. The molecule has 2 aliphatic heterocycles. The van der Waals surface area contributed by atoms with Gasteiger partial charge in [-0.2, -0.15) is 0 Å². The van der Waals surface area contributed by atoms with Crippen LogP contribution in [0.4, 0.5) is 11.4 Å². The molecule has 0 unspecified atom stereocenters. The summed E-state index contributed by atoms with van der Waals surface area (Å²) >= 11 is 0. The number of hydrogen-bond donors (Lipinski definition) is 0. The van der Waals surface area contributed by atoms with Crippen molar-refractivity contribution in [3.63, 3.8) is 0 Å². The number of aliphatic imine (C=N–C) groups is 1. The van der Waals surface area contributed by atoms with Gasteiger partial charge in [-0.05, 0) is 23.8 Å². The molecule has 0 N–H and O–H groups in total. The molecule has 0 spiro atoms. The zero-order chi connectivity index (χ0) is 14.9. The summed E-state index contributed by atoms with van der Waals surface area (Å²) in [7, 11) is 2.07. The van der Waals surface area contributed by atoms with E-state index in [4.69, 9.17) is 0 Å². The second-order valence-corrected chi connectivity index (χ2v) is 5.46. The Morgan fingerprint density at radius 3 is 2.50 bits per heavy atom. The molecule has 0 aromatic heterocycles. The molecule has 2 aromatic rings. The zero-order valence-corrected chi connectivity index (χ0v) is 12.4. The lowest BCUT2D eigenvalue weighted by Crippen LogP contribution is -2.13. The van der Waals surface area contributed by atoms with Gasteiger partial charge in [0.1, 0.15) is 0 Å². The summed E-state index contributed by atoms with van der Waals surface area (Å²) in [6, 6.07) is 16.7. The lowest BCUT2D eigenvalue weighted by atomic mass is 9.99. The van der Waals surface area contributed by atoms with Crippen LogP contribution in [0.1, 0.15) is 11.1 Å². The molecule has 2 aliphatic rings. The van der Waals surface area contributed by atoms with Crippen molar-refractivity contribution < 1.29 is 0 Å². The summed E-state index contributed by atoms with van der Waals surface area (Å²) in [5, 5.41) is 0. The van der Waals surface area contributed by atoms with E-state index in [1.165, 1.54) is 22.4 Å². The Balaban J connectivity index is 1.75. The summed E-state index contributed by atoms with van der Waals surface area (Å²) in [5.41, 5.74) is 7.12. The zero-order valence-electron chi connectivity index (χ0n) is 12.4. The molecule has 0 bridgehead atoms. The van der Waals surface area contributed by atoms with E-state index in [2.05, 4.69) is 77.8 Å². The number of allylic oxidation sites excluding steroid dienone is 5. The Morgan fingerprint density at radius 2 is 1.59 bits per heavy atom. The van der Waals surface area contributed by atoms with Crippen LogP contribution in [0.5, 0.6) is 0 Å². The number of para-hydroxylation sites is 2. The number of nitrogens with zero attached hydrogens (tertiary/aromatic N) is 2. The molecule has 0 radical (unpaired) electrons. The van der Waals surface area contributed by atoms with Crippen molar-refractivity contribution in [3.05, 3.63) is 84.1 Å². The molecule has 2 aromatic carbocycles. The summed E-state index contributed by atoms with van der Waals surface area (Å²) in [5.74, 6) is 0. The van der Waals surface area contributed by atoms with Gasteiger partial charge in [-0.15, -0.1) is 0 Å². The van der Waals surface area contributed by atoms with Gasteiger partial charge in [0.15, 0.2) is 0 Å². The van der Waals surface area contributed by atoms with Gasteiger partial charge in [0.25, 0.3) is 0 Å². The first-order valence-corrected chi connectivity index (χ1v) is 7.39. The third-order valence-corrected chi connectivity index (χ3v) is 4.07. The first-order valence-electron chi connectivity index (χ1n) is 7.39. The standard InChI is InChI=1S/C20H16N2/c1-22-13-12-15(18-7-3-5-9-20(18)22)10-11-16-14-21-19-8-4-2-6-17(16)19/h2-14H,1H3/b15-10?,16-11-. The molecule has 2 heteroatoms. The van der Waals surface area contributed by atoms with Crippen molar-refractivity contribution in [2.45, 2.75) is 0 Å². The van der Waals surface area contributed by atoms with Crippen molar-refractivity contribution in [2.24, 2.45) is 4.99 Å². The minimum Gasteiger partial charge on any atom is -0.351 e. The van der Waals surface area contributed by atoms with Gasteiger partial charge in [-0.3, -0.25) is 4.99 Å². The van der Waals surface area contributed by atoms with Gasteiger partial charge in [0.05, 0.1) is 5.69 Å². The topological polar surface area (TPSA) is 15.6 Å². The van der Waals surface area contributed by atoms with Crippen molar-refractivity contribution in [1.29, 1.82) is 0 Å². The van der Waals surface area contributed by atoms with Crippen LogP contribution in [-0.2, 0) is 0 Å². The normalized spacial score (nSPS) is 18.9. The van der Waals surface area contributed by atoms with E-state index >= 15 is 0 Å². The van der Waals surface area contributed by atoms with Crippen LogP contribution in [0.15, 0.2) is 78.0 Å². The SMILES string of the molecule is CN1C=CC(=C/C=C2/C=Nc3ccccc32)c2ccccc21. The van der Waals surface area contributed by atoms with Gasteiger partial charge in [-0.25, -0.2) is 0 Å². The van der Waals surface area contributed by atoms with Gasteiger partial charge >= 0.3 is 0 Å². The van der Waals surface area contributed by atoms with Crippen LogP contribution in [0.3, 0.4) is 0 Å². The Bertz CT molecular complexity index is 854. The molecular formula is C20H16N2. The second-order valence-electron chi connectivity index (χ2n) is 5.46. The minimum atomic E-state index is 1.05. The van der Waals surface area contributed by atoms with Crippen molar-refractivity contribution in [1.82, 2.24) is 0 Å². The minimum absolute atomic E-state index is 1.05. The van der Waals surface area contributed by atoms with Crippen LogP contribution < -0.4 is 4.90 Å². The quantitative estimate of drug-likeness (QED) is 0.732. The number of rotatable bonds is 1. The first kappa shape index (κ1) is 12.8. The molecule has 4 rings (SSSR count). The fourth-order valence-corrected chi connectivity index (χ4v) is 2.88. The van der Waals surface area contributed by atoms with Crippen LogP contribution in [-0.4, -0.2) is 13.3 Å². The lowest BCUT2D eigenvalue weighted by molar-refractivity contribution is 1.18. The molecule has 2 heterocycles. The molecule has 0 aliphatic carbocycles. The number of fused-ring (bicyclic) bond motifs is 2. The van der Waals surface area contributed by atoms with Crippen LogP contribution >= 0.6 is 0 Å². The van der Waals surface area contributed by atoms with Crippen LogP contribution in [0.2, 0.25) is 0 Å². The van der Waals surface area contributed by atoms with Crippen LogP contribution in [0.25, 0.3) is 11.1 Å². The third kappa shape index (κ3) is 2.09. The summed E-state index contributed by atoms with van der Waals surface area (Å²) < 4.78 is 0. The molecule has 0 saturated heterocycles. The maximum atomic E-state index is 4.45. The molecule has 22 heavy (non-hydrogen) atoms. The van der Waals surface area contributed by atoms with Gasteiger partial charge in [-0.1, -0.05) is 48.6 Å². The third-order valence-electron chi connectivity index (χ3n) is 4.07. The highest BCUT2D eigenvalue weighted by Gasteiger charge is 2.13. The summed E-state index contributed by atoms with van der Waals surface area (Å²) in [4.78, 5) is 6.60. The smallest absolute Gasteiger partial charge is 0.0708 e. The highest BCUT2D eigenvalue weighted by Crippen LogP contribution is 2.34. The van der Waals surface area contributed by atoms with E-state index in [9.17, 15) is 0 Å². The maximum absolute atomic E-state index is 4.45. The van der Waals surface area contributed by atoms with E-state index in [0.29, 0.717) is 0 Å². The fraction of sp³-hybridized carbons (Fsp3) is 0.0500. The second kappa shape index (κ2) is 5.15. The van der Waals surface area contributed by atoms with Crippen molar-refractivity contribution in [3.8, 4) is 0 Å². The summed E-state index contributed by atoms with van der Waals surface area (Å²) in [6.07, 6.45) is 10.5. The van der Waals surface area contributed by atoms with Gasteiger partial charge in [0.2, 0.25) is 0 Å². The molecule has 0 amide bonds. The van der Waals surface area contributed by atoms with E-state index in [0.717, 1.165) is 11.3 Å². The van der Waals surface area contributed by atoms with Crippen molar-refractivity contribution in [2.75, 3.05) is 11.9 Å². The summed E-state index contributed by atoms with van der Waals surface area (Å²) in [6.45, 7) is 0. The predicted molar refractivity (Wildman–Crippen MR) is 94.5 cm³/mol. The molecule has 0 fully saturated rings. The van der Waals surface area contributed by atoms with Gasteiger partial charge < -0.3 is 4.90 Å². The lowest BCUT2D eigenvalue weighted by Gasteiger charge is -2.23. The number of benzene rings is 2. The molecule has 0 atom stereocenters.